The summed E-state index contributed by atoms with van der Waals surface area (Å²) in [7, 11) is 0. The molecule has 0 saturated carbocycles. The lowest BCUT2D eigenvalue weighted by Gasteiger charge is -2.04. The van der Waals surface area contributed by atoms with Crippen molar-refractivity contribution in [2.45, 2.75) is 0 Å². The van der Waals surface area contributed by atoms with Crippen LogP contribution in [0.25, 0.3) is 0 Å². The summed E-state index contributed by atoms with van der Waals surface area (Å²) in [5.41, 5.74) is 5.21. The molecule has 0 saturated heterocycles. The average Bonchev–Trinajstić information content (AvgIpc) is 2.16. The topological polar surface area (TPSA) is 70.8 Å². The van der Waals surface area contributed by atoms with Crippen LogP contribution in [0.1, 0.15) is 0 Å². The van der Waals surface area contributed by atoms with E-state index in [0.717, 1.165) is 0 Å². The monoisotopic (exact) mass is 191 g/mol. The molecular weight excluding hydrogens is 174 g/mol. The molecule has 0 radical (unpaired) electrons. The number of carbonyl (C=O) groups is 1. The Morgan fingerprint density at radius 1 is 0.923 bits per heavy atom. The molecule has 0 aliphatic heterocycles. The zero-order chi connectivity index (χ0) is 9.78. The Balaban J connectivity index is 2.79. The Kier molecular flexibility index (Phi) is 11.1. The second kappa shape index (κ2) is 11.5. The maximum atomic E-state index is 9.81. The number of nitrogens with two attached hydrogens (primary N) is 1. The molecule has 0 spiro atoms. The molecular formula is C8H17NO4. The molecule has 78 valence electrons. The molecule has 0 aliphatic rings. The first kappa shape index (κ1) is 12.5. The lowest BCUT2D eigenvalue weighted by Crippen LogP contribution is -2.13. The zero-order valence-electron chi connectivity index (χ0n) is 7.74. The maximum absolute atomic E-state index is 9.81. The predicted molar refractivity (Wildman–Crippen MR) is 47.6 cm³/mol. The number of ether oxygens (including phenoxy) is 3. The first-order valence-electron chi connectivity index (χ1n) is 4.28. The van der Waals surface area contributed by atoms with Gasteiger partial charge in [0, 0.05) is 6.54 Å². The molecule has 13 heavy (non-hydrogen) atoms. The molecule has 0 aromatic heterocycles. The van der Waals surface area contributed by atoms with E-state index in [1.165, 1.54) is 0 Å². The quantitative estimate of drug-likeness (QED) is 0.361. The fraction of sp³-hybridized carbons (Fsp3) is 0.875. The zero-order valence-corrected chi connectivity index (χ0v) is 7.74. The summed E-state index contributed by atoms with van der Waals surface area (Å²) < 4.78 is 15.0. The van der Waals surface area contributed by atoms with Gasteiger partial charge < -0.3 is 24.7 Å². The Morgan fingerprint density at radius 2 is 1.46 bits per heavy atom. The van der Waals surface area contributed by atoms with Gasteiger partial charge in [-0.3, -0.25) is 0 Å². The van der Waals surface area contributed by atoms with E-state index in [1.54, 1.807) is 0 Å². The highest BCUT2D eigenvalue weighted by Crippen LogP contribution is 1.79. The van der Waals surface area contributed by atoms with E-state index in [2.05, 4.69) is 0 Å². The van der Waals surface area contributed by atoms with Crippen molar-refractivity contribution in [2.24, 2.45) is 5.73 Å². The third kappa shape index (κ3) is 11.5. The number of rotatable bonds is 10. The van der Waals surface area contributed by atoms with E-state index in [1.807, 2.05) is 0 Å². The molecule has 0 fully saturated rings. The van der Waals surface area contributed by atoms with Crippen LogP contribution in [0.4, 0.5) is 0 Å². The molecule has 0 unspecified atom stereocenters. The fourth-order valence-corrected chi connectivity index (χ4v) is 0.655. The van der Waals surface area contributed by atoms with Crippen molar-refractivity contribution < 1.29 is 19.0 Å². The standard InChI is InChI=1S/C8H17NO4/c9-1-3-11-5-7-13-8-6-12-4-2-10/h2H,1,3-9H2. The smallest absolute Gasteiger partial charge is 0.145 e. The molecule has 2 N–H and O–H groups in total. The Bertz CT molecular complexity index is 110. The minimum Gasteiger partial charge on any atom is -0.378 e. The number of hydrogen-bond acceptors (Lipinski definition) is 5. The van der Waals surface area contributed by atoms with Gasteiger partial charge in [0.05, 0.1) is 33.0 Å². The summed E-state index contributed by atoms with van der Waals surface area (Å²) in [6, 6.07) is 0. The minimum absolute atomic E-state index is 0.132. The molecule has 5 heteroatoms. The van der Waals surface area contributed by atoms with Crippen LogP contribution in [0.2, 0.25) is 0 Å². The highest BCUT2D eigenvalue weighted by Gasteiger charge is 1.89. The normalized spacial score (nSPS) is 10.2. The van der Waals surface area contributed by atoms with Crippen LogP contribution in [-0.4, -0.2) is 52.5 Å². The molecule has 0 aliphatic carbocycles. The Hall–Kier alpha value is -0.490. The third-order valence-corrected chi connectivity index (χ3v) is 1.19. The molecule has 0 rings (SSSR count). The molecule has 0 amide bonds. The first-order valence-corrected chi connectivity index (χ1v) is 4.28. The average molecular weight is 191 g/mol. The van der Waals surface area contributed by atoms with E-state index in [9.17, 15) is 4.79 Å². The fourth-order valence-electron chi connectivity index (χ4n) is 0.655. The van der Waals surface area contributed by atoms with Gasteiger partial charge in [-0.2, -0.15) is 0 Å². The molecule has 0 aromatic carbocycles. The van der Waals surface area contributed by atoms with Gasteiger partial charge in [0.25, 0.3) is 0 Å². The van der Waals surface area contributed by atoms with E-state index in [4.69, 9.17) is 19.9 Å². The first-order chi connectivity index (χ1) is 6.41. The number of carbonyl (C=O) groups excluding carboxylic acids is 1. The van der Waals surface area contributed by atoms with Crippen molar-refractivity contribution in [3.63, 3.8) is 0 Å². The van der Waals surface area contributed by atoms with Crippen LogP contribution in [-0.2, 0) is 19.0 Å². The van der Waals surface area contributed by atoms with Gasteiger partial charge in [0.2, 0.25) is 0 Å². The van der Waals surface area contributed by atoms with Crippen molar-refractivity contribution in [1.29, 1.82) is 0 Å². The lowest BCUT2D eigenvalue weighted by molar-refractivity contribution is -0.112. The van der Waals surface area contributed by atoms with E-state index in [-0.39, 0.29) is 6.61 Å². The number of hydrogen-bond donors (Lipinski definition) is 1. The second-order valence-corrected chi connectivity index (χ2v) is 2.26. The van der Waals surface area contributed by atoms with Crippen LogP contribution in [0.5, 0.6) is 0 Å². The highest BCUT2D eigenvalue weighted by atomic mass is 16.5. The second-order valence-electron chi connectivity index (χ2n) is 2.26. The summed E-state index contributed by atoms with van der Waals surface area (Å²) in [6.45, 7) is 3.23. The van der Waals surface area contributed by atoms with Crippen molar-refractivity contribution in [3.8, 4) is 0 Å². The molecule has 0 atom stereocenters. The SMILES string of the molecule is NCCOCCOCCOCC=O. The lowest BCUT2D eigenvalue weighted by atomic mass is 10.7. The minimum atomic E-state index is 0.132. The van der Waals surface area contributed by atoms with Gasteiger partial charge in [-0.1, -0.05) is 0 Å². The van der Waals surface area contributed by atoms with Crippen molar-refractivity contribution >= 4 is 6.29 Å². The van der Waals surface area contributed by atoms with Gasteiger partial charge in [-0.25, -0.2) is 0 Å². The largest absolute Gasteiger partial charge is 0.378 e. The van der Waals surface area contributed by atoms with Crippen LogP contribution in [0.15, 0.2) is 0 Å². The summed E-state index contributed by atoms with van der Waals surface area (Å²) in [4.78, 5) is 9.81. The predicted octanol–water partition coefficient (Wildman–Crippen LogP) is -0.806. The van der Waals surface area contributed by atoms with Crippen LogP contribution in [0.3, 0.4) is 0 Å². The van der Waals surface area contributed by atoms with Gasteiger partial charge in [0.1, 0.15) is 12.9 Å². The molecule has 0 bridgehead atoms. The van der Waals surface area contributed by atoms with Crippen molar-refractivity contribution in [3.05, 3.63) is 0 Å². The van der Waals surface area contributed by atoms with E-state index >= 15 is 0 Å². The van der Waals surface area contributed by atoms with Gasteiger partial charge in [0.15, 0.2) is 0 Å². The summed E-state index contributed by atoms with van der Waals surface area (Å²) in [6.07, 6.45) is 0.713. The van der Waals surface area contributed by atoms with Crippen molar-refractivity contribution in [1.82, 2.24) is 0 Å². The van der Waals surface area contributed by atoms with Gasteiger partial charge in [-0.05, 0) is 0 Å². The Labute approximate surface area is 78.1 Å². The van der Waals surface area contributed by atoms with Gasteiger partial charge in [-0.15, -0.1) is 0 Å². The highest BCUT2D eigenvalue weighted by molar-refractivity contribution is 5.50. The summed E-state index contributed by atoms with van der Waals surface area (Å²) in [5.74, 6) is 0. The van der Waals surface area contributed by atoms with E-state index < -0.39 is 0 Å². The van der Waals surface area contributed by atoms with Crippen LogP contribution >= 0.6 is 0 Å². The summed E-state index contributed by atoms with van der Waals surface area (Å²) >= 11 is 0. The van der Waals surface area contributed by atoms with E-state index in [0.29, 0.717) is 45.9 Å². The maximum Gasteiger partial charge on any atom is 0.145 e. The molecule has 0 heterocycles. The summed E-state index contributed by atoms with van der Waals surface area (Å²) in [5, 5.41) is 0. The molecule has 5 nitrogen and oxygen atoms in total. The number of aldehydes is 1. The third-order valence-electron chi connectivity index (χ3n) is 1.19. The Morgan fingerprint density at radius 3 is 2.00 bits per heavy atom. The van der Waals surface area contributed by atoms with Gasteiger partial charge >= 0.3 is 0 Å². The van der Waals surface area contributed by atoms with Crippen molar-refractivity contribution in [2.75, 3.05) is 46.2 Å². The van der Waals surface area contributed by atoms with Crippen LogP contribution in [0, 0.1) is 0 Å². The molecule has 0 aromatic rings. The van der Waals surface area contributed by atoms with Crippen LogP contribution < -0.4 is 5.73 Å².